The fourth-order valence-electron chi connectivity index (χ4n) is 3.36. The van der Waals surface area contributed by atoms with E-state index in [2.05, 4.69) is 4.90 Å². The number of rotatable bonds is 6. The van der Waals surface area contributed by atoms with Crippen molar-refractivity contribution in [1.29, 1.82) is 0 Å². The van der Waals surface area contributed by atoms with Gasteiger partial charge in [0, 0.05) is 46.3 Å². The second-order valence-electron chi connectivity index (χ2n) is 6.88. The van der Waals surface area contributed by atoms with Crippen molar-refractivity contribution in [3.05, 3.63) is 35.9 Å². The fraction of sp³-hybridized carbons (Fsp3) is 0.550. The molecule has 0 unspecified atom stereocenters. The van der Waals surface area contributed by atoms with Crippen LogP contribution < -0.4 is 0 Å². The molecule has 3 atom stereocenters. The van der Waals surface area contributed by atoms with Gasteiger partial charge in [0.05, 0.1) is 6.61 Å². The summed E-state index contributed by atoms with van der Waals surface area (Å²) in [4.78, 5) is 36.5. The van der Waals surface area contributed by atoms with E-state index in [9.17, 15) is 14.4 Å². The zero-order valence-corrected chi connectivity index (χ0v) is 16.1. The van der Waals surface area contributed by atoms with Gasteiger partial charge in [-0.25, -0.2) is 0 Å². The van der Waals surface area contributed by atoms with Crippen molar-refractivity contribution >= 4 is 17.9 Å². The number of ether oxygens (including phenoxy) is 3. The first-order valence-corrected chi connectivity index (χ1v) is 9.07. The lowest BCUT2D eigenvalue weighted by atomic mass is 10.0. The van der Waals surface area contributed by atoms with E-state index in [-0.39, 0.29) is 18.5 Å². The van der Waals surface area contributed by atoms with Crippen molar-refractivity contribution in [3.63, 3.8) is 0 Å². The normalized spacial score (nSPS) is 23.1. The monoisotopic (exact) mass is 377 g/mol. The molecule has 1 aliphatic heterocycles. The highest BCUT2D eigenvalue weighted by atomic mass is 16.6. The molecule has 7 heteroatoms. The highest BCUT2D eigenvalue weighted by molar-refractivity contribution is 5.67. The maximum absolute atomic E-state index is 11.6. The van der Waals surface area contributed by atoms with Crippen LogP contribution in [0.5, 0.6) is 0 Å². The summed E-state index contributed by atoms with van der Waals surface area (Å²) in [5.74, 6) is -1.24. The SMILES string of the molecule is CC(=O)OC[C@H]1C[C@H](OC(C)=O)[C@H](OC(C)=O)CN(Cc2ccccc2)C1. The molecule has 0 spiro atoms. The van der Waals surface area contributed by atoms with Crippen LogP contribution in [0.4, 0.5) is 0 Å². The van der Waals surface area contributed by atoms with Gasteiger partial charge in [0.15, 0.2) is 6.10 Å². The molecule has 1 saturated heterocycles. The Labute approximate surface area is 159 Å². The summed E-state index contributed by atoms with van der Waals surface area (Å²) >= 11 is 0. The van der Waals surface area contributed by atoms with Crippen LogP contribution in [-0.4, -0.2) is 54.7 Å². The number of esters is 3. The van der Waals surface area contributed by atoms with E-state index in [4.69, 9.17) is 14.2 Å². The van der Waals surface area contributed by atoms with Crippen molar-refractivity contribution in [1.82, 2.24) is 4.90 Å². The van der Waals surface area contributed by atoms with Gasteiger partial charge in [0.2, 0.25) is 0 Å². The van der Waals surface area contributed by atoms with Gasteiger partial charge in [-0.15, -0.1) is 0 Å². The van der Waals surface area contributed by atoms with Crippen LogP contribution in [0.3, 0.4) is 0 Å². The third kappa shape index (κ3) is 7.38. The van der Waals surface area contributed by atoms with Crippen molar-refractivity contribution in [3.8, 4) is 0 Å². The topological polar surface area (TPSA) is 82.1 Å². The molecule has 1 aromatic carbocycles. The van der Waals surface area contributed by atoms with Gasteiger partial charge in [0.25, 0.3) is 0 Å². The third-order valence-electron chi connectivity index (χ3n) is 4.34. The summed E-state index contributed by atoms with van der Waals surface area (Å²) in [6, 6.07) is 9.93. The lowest BCUT2D eigenvalue weighted by molar-refractivity contribution is -0.166. The van der Waals surface area contributed by atoms with E-state index in [0.717, 1.165) is 5.56 Å². The first kappa shape index (κ1) is 20.9. The summed E-state index contributed by atoms with van der Waals surface area (Å²) in [6.07, 6.45) is -0.694. The van der Waals surface area contributed by atoms with Gasteiger partial charge in [-0.1, -0.05) is 30.3 Å². The van der Waals surface area contributed by atoms with Gasteiger partial charge >= 0.3 is 17.9 Å². The predicted octanol–water partition coefficient (Wildman–Crippen LogP) is 1.93. The quantitative estimate of drug-likeness (QED) is 0.553. The van der Waals surface area contributed by atoms with Crippen molar-refractivity contribution in [2.24, 2.45) is 5.92 Å². The van der Waals surface area contributed by atoms with Crippen LogP contribution in [-0.2, 0) is 35.1 Å². The van der Waals surface area contributed by atoms with Crippen LogP contribution in [0.1, 0.15) is 32.8 Å². The summed E-state index contributed by atoms with van der Waals surface area (Å²) < 4.78 is 16.1. The molecule has 0 aliphatic carbocycles. The Bertz CT molecular complexity index is 647. The van der Waals surface area contributed by atoms with E-state index in [0.29, 0.717) is 26.1 Å². The van der Waals surface area contributed by atoms with Gasteiger partial charge in [0.1, 0.15) is 6.10 Å². The zero-order valence-electron chi connectivity index (χ0n) is 16.1. The molecule has 148 valence electrons. The Hall–Kier alpha value is -2.41. The van der Waals surface area contributed by atoms with Crippen molar-refractivity contribution < 1.29 is 28.6 Å². The lowest BCUT2D eigenvalue weighted by Gasteiger charge is -2.27. The maximum atomic E-state index is 11.6. The Balaban J connectivity index is 2.20. The molecule has 1 aromatic rings. The third-order valence-corrected chi connectivity index (χ3v) is 4.34. The summed E-state index contributed by atoms with van der Waals surface area (Å²) in [5, 5.41) is 0. The molecule has 7 nitrogen and oxygen atoms in total. The average Bonchev–Trinajstić information content (AvgIpc) is 2.72. The first-order valence-electron chi connectivity index (χ1n) is 9.07. The summed E-state index contributed by atoms with van der Waals surface area (Å²) in [6.45, 7) is 5.99. The Morgan fingerprint density at radius 2 is 1.56 bits per heavy atom. The van der Waals surface area contributed by atoms with E-state index in [1.165, 1.54) is 20.8 Å². The highest BCUT2D eigenvalue weighted by Crippen LogP contribution is 2.24. The molecule has 1 fully saturated rings. The first-order chi connectivity index (χ1) is 12.8. The molecule has 0 bridgehead atoms. The standard InChI is InChI=1S/C20H27NO6/c1-14(22)25-13-18-9-19(26-15(2)23)20(27-16(3)24)12-21(11-18)10-17-7-5-4-6-8-17/h4-8,18-20H,9-13H2,1-3H3/t18-,19-,20+/m0/s1. The molecule has 1 aliphatic rings. The Morgan fingerprint density at radius 1 is 0.926 bits per heavy atom. The van der Waals surface area contributed by atoms with Crippen molar-refractivity contribution in [2.45, 2.75) is 45.9 Å². The molecule has 0 radical (unpaired) electrons. The molecular formula is C20H27NO6. The second kappa shape index (κ2) is 10.1. The minimum Gasteiger partial charge on any atom is -0.466 e. The van der Waals surface area contributed by atoms with Crippen LogP contribution in [0, 0.1) is 5.92 Å². The van der Waals surface area contributed by atoms with Crippen LogP contribution in [0.15, 0.2) is 30.3 Å². The largest absolute Gasteiger partial charge is 0.466 e. The van der Waals surface area contributed by atoms with Gasteiger partial charge in [-0.2, -0.15) is 0 Å². The maximum Gasteiger partial charge on any atom is 0.303 e. The molecule has 0 aromatic heterocycles. The Morgan fingerprint density at radius 3 is 2.15 bits per heavy atom. The number of benzene rings is 1. The predicted molar refractivity (Wildman–Crippen MR) is 97.6 cm³/mol. The number of hydrogen-bond acceptors (Lipinski definition) is 7. The second-order valence-corrected chi connectivity index (χ2v) is 6.88. The minimum absolute atomic E-state index is 0.0393. The van der Waals surface area contributed by atoms with Gasteiger partial charge in [-0.05, 0) is 12.0 Å². The van der Waals surface area contributed by atoms with Crippen LogP contribution in [0.2, 0.25) is 0 Å². The molecule has 1 heterocycles. The molecule has 27 heavy (non-hydrogen) atoms. The van der Waals surface area contributed by atoms with Crippen molar-refractivity contribution in [2.75, 3.05) is 19.7 Å². The number of nitrogens with zero attached hydrogens (tertiary/aromatic N) is 1. The number of carbonyl (C=O) groups is 3. The van der Waals surface area contributed by atoms with Gasteiger partial charge < -0.3 is 14.2 Å². The highest BCUT2D eigenvalue weighted by Gasteiger charge is 2.36. The van der Waals surface area contributed by atoms with E-state index in [1.54, 1.807) is 0 Å². The van der Waals surface area contributed by atoms with Crippen LogP contribution in [0.25, 0.3) is 0 Å². The smallest absolute Gasteiger partial charge is 0.303 e. The lowest BCUT2D eigenvalue weighted by Crippen LogP contribution is -2.40. The molecule has 2 rings (SSSR count). The fourth-order valence-corrected chi connectivity index (χ4v) is 3.36. The van der Waals surface area contributed by atoms with E-state index in [1.807, 2.05) is 30.3 Å². The number of carbonyl (C=O) groups excluding carboxylic acids is 3. The van der Waals surface area contributed by atoms with Crippen LogP contribution >= 0.6 is 0 Å². The van der Waals surface area contributed by atoms with Gasteiger partial charge in [-0.3, -0.25) is 19.3 Å². The summed E-state index contributed by atoms with van der Waals surface area (Å²) in [5.41, 5.74) is 1.12. The number of hydrogen-bond donors (Lipinski definition) is 0. The number of likely N-dealkylation sites (tertiary alicyclic amines) is 1. The zero-order chi connectivity index (χ0) is 19.8. The Kier molecular flexibility index (Phi) is 7.79. The summed E-state index contributed by atoms with van der Waals surface area (Å²) in [7, 11) is 0. The van der Waals surface area contributed by atoms with E-state index >= 15 is 0 Å². The molecule has 0 amide bonds. The average molecular weight is 377 g/mol. The molecular weight excluding hydrogens is 350 g/mol. The van der Waals surface area contributed by atoms with E-state index < -0.39 is 24.1 Å². The molecule has 0 saturated carbocycles. The molecule has 0 N–H and O–H groups in total. The minimum atomic E-state index is -0.576.